The third-order valence-corrected chi connectivity index (χ3v) is 3.34. The zero-order chi connectivity index (χ0) is 19.0. The standard InChI is InChI=1S/C17H23N3O5/c1-4-24-15(22)17(20-11(3)21,16(23)25-5-2)10-12-7-6-8-13(9-12)14(18)19/h6-9H,4-5,10H2,1-3H3,(H3,18,19)(H,20,21). The number of rotatable bonds is 8. The molecule has 8 heteroatoms. The average Bonchev–Trinajstić information content (AvgIpc) is 2.54. The van der Waals surface area contributed by atoms with Crippen LogP contribution >= 0.6 is 0 Å². The molecule has 1 rings (SSSR count). The molecule has 8 nitrogen and oxygen atoms in total. The van der Waals surface area contributed by atoms with E-state index in [0.29, 0.717) is 11.1 Å². The number of nitrogen functional groups attached to an aromatic ring is 1. The maximum absolute atomic E-state index is 12.5. The summed E-state index contributed by atoms with van der Waals surface area (Å²) < 4.78 is 10.0. The molecular weight excluding hydrogens is 326 g/mol. The van der Waals surface area contributed by atoms with Crippen molar-refractivity contribution < 1.29 is 23.9 Å². The molecule has 0 aliphatic carbocycles. The number of ether oxygens (including phenoxy) is 2. The quantitative estimate of drug-likeness (QED) is 0.271. The van der Waals surface area contributed by atoms with Crippen LogP contribution in [0, 0.1) is 5.41 Å². The van der Waals surface area contributed by atoms with Crippen molar-refractivity contribution in [1.29, 1.82) is 5.41 Å². The number of carbonyl (C=O) groups is 3. The molecule has 1 aromatic carbocycles. The molecule has 0 aromatic heterocycles. The second-order valence-electron chi connectivity index (χ2n) is 5.32. The number of nitrogens with one attached hydrogen (secondary N) is 2. The van der Waals surface area contributed by atoms with Crippen LogP contribution in [0.25, 0.3) is 0 Å². The van der Waals surface area contributed by atoms with Gasteiger partial charge in [-0.25, -0.2) is 9.59 Å². The van der Waals surface area contributed by atoms with Crippen molar-refractivity contribution in [3.05, 3.63) is 35.4 Å². The van der Waals surface area contributed by atoms with E-state index in [1.54, 1.807) is 38.1 Å². The van der Waals surface area contributed by atoms with E-state index in [1.165, 1.54) is 6.92 Å². The van der Waals surface area contributed by atoms with Crippen LogP contribution in [0.5, 0.6) is 0 Å². The van der Waals surface area contributed by atoms with Crippen molar-refractivity contribution in [2.24, 2.45) is 5.73 Å². The molecule has 4 N–H and O–H groups in total. The first-order valence-corrected chi connectivity index (χ1v) is 7.83. The molecule has 0 aliphatic rings. The van der Waals surface area contributed by atoms with Gasteiger partial charge in [0.05, 0.1) is 13.2 Å². The number of amidine groups is 1. The lowest BCUT2D eigenvalue weighted by Crippen LogP contribution is -2.62. The van der Waals surface area contributed by atoms with Gasteiger partial charge < -0.3 is 20.5 Å². The highest BCUT2D eigenvalue weighted by atomic mass is 16.6. The van der Waals surface area contributed by atoms with E-state index in [-0.39, 0.29) is 25.5 Å². The summed E-state index contributed by atoms with van der Waals surface area (Å²) >= 11 is 0. The summed E-state index contributed by atoms with van der Waals surface area (Å²) in [6, 6.07) is 6.49. The highest BCUT2D eigenvalue weighted by molar-refractivity contribution is 6.08. The lowest BCUT2D eigenvalue weighted by molar-refractivity contribution is -0.168. The Labute approximate surface area is 146 Å². The number of benzene rings is 1. The van der Waals surface area contributed by atoms with Crippen LogP contribution in [0.4, 0.5) is 0 Å². The molecule has 0 atom stereocenters. The normalized spacial score (nSPS) is 10.7. The molecule has 0 bridgehead atoms. The Morgan fingerprint density at radius 1 is 1.16 bits per heavy atom. The van der Waals surface area contributed by atoms with Gasteiger partial charge in [-0.05, 0) is 25.5 Å². The van der Waals surface area contributed by atoms with E-state index in [9.17, 15) is 14.4 Å². The Kier molecular flexibility index (Phi) is 7.10. The van der Waals surface area contributed by atoms with Gasteiger partial charge in [0, 0.05) is 18.9 Å². The van der Waals surface area contributed by atoms with E-state index in [1.807, 2.05) is 0 Å². The summed E-state index contributed by atoms with van der Waals surface area (Å²) in [6.07, 6.45) is -0.189. The Hall–Kier alpha value is -2.90. The third kappa shape index (κ3) is 5.03. The van der Waals surface area contributed by atoms with Crippen LogP contribution in [-0.4, -0.2) is 42.4 Å². The predicted octanol–water partition coefficient (Wildman–Crippen LogP) is 0.514. The van der Waals surface area contributed by atoms with Gasteiger partial charge in [0.2, 0.25) is 11.4 Å². The second kappa shape index (κ2) is 8.81. The van der Waals surface area contributed by atoms with Crippen LogP contribution in [0.2, 0.25) is 0 Å². The van der Waals surface area contributed by atoms with Crippen molar-refractivity contribution in [1.82, 2.24) is 5.32 Å². The first-order valence-electron chi connectivity index (χ1n) is 7.83. The maximum atomic E-state index is 12.5. The van der Waals surface area contributed by atoms with Crippen molar-refractivity contribution in [3.63, 3.8) is 0 Å². The van der Waals surface area contributed by atoms with Gasteiger partial charge in [-0.15, -0.1) is 0 Å². The highest BCUT2D eigenvalue weighted by Gasteiger charge is 2.50. The van der Waals surface area contributed by atoms with E-state index in [4.69, 9.17) is 20.6 Å². The van der Waals surface area contributed by atoms with E-state index < -0.39 is 23.4 Å². The molecule has 0 aliphatic heterocycles. The Bertz CT molecular complexity index is 654. The minimum absolute atomic E-state index is 0.0348. The van der Waals surface area contributed by atoms with Crippen molar-refractivity contribution in [3.8, 4) is 0 Å². The number of carbonyl (C=O) groups excluding carboxylic acids is 3. The molecule has 1 amide bonds. The number of hydrogen-bond donors (Lipinski definition) is 3. The van der Waals surface area contributed by atoms with Crippen LogP contribution < -0.4 is 11.1 Å². The van der Waals surface area contributed by atoms with E-state index in [0.717, 1.165) is 0 Å². The molecule has 0 fully saturated rings. The van der Waals surface area contributed by atoms with Gasteiger partial charge in [-0.2, -0.15) is 0 Å². The highest BCUT2D eigenvalue weighted by Crippen LogP contribution is 2.20. The lowest BCUT2D eigenvalue weighted by Gasteiger charge is -2.29. The molecule has 25 heavy (non-hydrogen) atoms. The van der Waals surface area contributed by atoms with Gasteiger partial charge in [0.25, 0.3) is 0 Å². The summed E-state index contributed by atoms with van der Waals surface area (Å²) in [4.78, 5) is 36.7. The van der Waals surface area contributed by atoms with Gasteiger partial charge >= 0.3 is 11.9 Å². The summed E-state index contributed by atoms with van der Waals surface area (Å²) in [5.41, 5.74) is 4.41. The fourth-order valence-electron chi connectivity index (χ4n) is 2.34. The Morgan fingerprint density at radius 3 is 2.16 bits per heavy atom. The van der Waals surface area contributed by atoms with Crippen LogP contribution in [-0.2, 0) is 30.3 Å². The summed E-state index contributed by atoms with van der Waals surface area (Å²) in [5, 5.41) is 9.89. The number of amides is 1. The van der Waals surface area contributed by atoms with Gasteiger partial charge in [0.1, 0.15) is 5.84 Å². The van der Waals surface area contributed by atoms with Crippen LogP contribution in [0.15, 0.2) is 24.3 Å². The molecule has 0 heterocycles. The van der Waals surface area contributed by atoms with E-state index in [2.05, 4.69) is 5.32 Å². The molecule has 0 saturated heterocycles. The topological polar surface area (TPSA) is 132 Å². The van der Waals surface area contributed by atoms with Gasteiger partial charge in [-0.3, -0.25) is 10.2 Å². The molecule has 0 spiro atoms. The van der Waals surface area contributed by atoms with Gasteiger partial charge in [0.15, 0.2) is 0 Å². The second-order valence-corrected chi connectivity index (χ2v) is 5.32. The predicted molar refractivity (Wildman–Crippen MR) is 91.0 cm³/mol. The molecule has 0 radical (unpaired) electrons. The molecule has 1 aromatic rings. The fraction of sp³-hybridized carbons (Fsp3) is 0.412. The van der Waals surface area contributed by atoms with Crippen LogP contribution in [0.1, 0.15) is 31.9 Å². The SMILES string of the molecule is CCOC(=O)C(Cc1cccc(C(=N)N)c1)(NC(C)=O)C(=O)OCC. The molecular formula is C17H23N3O5. The Balaban J connectivity index is 3.38. The Morgan fingerprint density at radius 2 is 1.72 bits per heavy atom. The number of hydrogen-bond acceptors (Lipinski definition) is 6. The summed E-state index contributed by atoms with van der Waals surface area (Å²) in [6.45, 7) is 4.45. The fourth-order valence-corrected chi connectivity index (χ4v) is 2.34. The van der Waals surface area contributed by atoms with Crippen molar-refractivity contribution >= 4 is 23.7 Å². The first kappa shape index (κ1) is 20.1. The van der Waals surface area contributed by atoms with Crippen LogP contribution in [0.3, 0.4) is 0 Å². The van der Waals surface area contributed by atoms with Crippen molar-refractivity contribution in [2.75, 3.05) is 13.2 Å². The first-order chi connectivity index (χ1) is 11.8. The monoisotopic (exact) mass is 349 g/mol. The summed E-state index contributed by atoms with van der Waals surface area (Å²) in [7, 11) is 0. The van der Waals surface area contributed by atoms with Crippen molar-refractivity contribution in [2.45, 2.75) is 32.7 Å². The largest absolute Gasteiger partial charge is 0.464 e. The minimum Gasteiger partial charge on any atom is -0.464 e. The minimum atomic E-state index is -2.01. The zero-order valence-corrected chi connectivity index (χ0v) is 14.5. The smallest absolute Gasteiger partial charge is 0.344 e. The number of nitrogens with two attached hydrogens (primary N) is 1. The molecule has 136 valence electrons. The number of esters is 2. The molecule has 0 unspecified atom stereocenters. The molecule has 0 saturated carbocycles. The summed E-state index contributed by atoms with van der Waals surface area (Å²) in [5.74, 6) is -2.54. The zero-order valence-electron chi connectivity index (χ0n) is 14.5. The third-order valence-electron chi connectivity index (χ3n) is 3.34. The lowest BCUT2D eigenvalue weighted by atomic mass is 9.89. The van der Waals surface area contributed by atoms with E-state index >= 15 is 0 Å². The average molecular weight is 349 g/mol. The maximum Gasteiger partial charge on any atom is 0.344 e. The van der Waals surface area contributed by atoms with Gasteiger partial charge in [-0.1, -0.05) is 18.2 Å².